The molecular formula is C41H27B2N3O. The molecule has 0 unspecified atom stereocenters. The van der Waals surface area contributed by atoms with E-state index in [0.717, 1.165) is 39.9 Å². The standard InChI is InChI=1S/C41H27B2N3O/c1-3-13-28(14-4-1)42-31-17-7-8-18-32(31)43-33-19-9-10-20-35(33)46(29-15-5-2-6-16-29)40-39(43)34(42)27-37-41(40)47-38-22-12-11-21-36(38)45(37)30-23-25-44-26-24-30/h1-27H. The second-order valence-electron chi connectivity index (χ2n) is 12.3. The molecule has 0 amide bonds. The molecule has 0 saturated carbocycles. The van der Waals surface area contributed by atoms with Crippen LogP contribution in [0.3, 0.4) is 0 Å². The Bertz CT molecular complexity index is 2300. The smallest absolute Gasteiger partial charge is 0.245 e. The maximum atomic E-state index is 7.10. The zero-order valence-electron chi connectivity index (χ0n) is 25.5. The minimum atomic E-state index is 0.0436. The summed E-state index contributed by atoms with van der Waals surface area (Å²) in [7, 11) is 0. The summed E-state index contributed by atoms with van der Waals surface area (Å²) in [6.07, 6.45) is 3.72. The Labute approximate surface area is 274 Å². The first-order chi connectivity index (χ1) is 23.4. The van der Waals surface area contributed by atoms with Gasteiger partial charge in [-0.05, 0) is 59.5 Å². The van der Waals surface area contributed by atoms with E-state index in [2.05, 4.69) is 160 Å². The van der Waals surface area contributed by atoms with Crippen LogP contribution in [0.4, 0.5) is 34.1 Å². The van der Waals surface area contributed by atoms with Crippen LogP contribution in [0.25, 0.3) is 0 Å². The fraction of sp³-hybridized carbons (Fsp3) is 0. The maximum absolute atomic E-state index is 7.10. The maximum Gasteiger partial charge on any atom is 0.245 e. The van der Waals surface area contributed by atoms with Crippen molar-refractivity contribution in [2.24, 2.45) is 0 Å². The lowest BCUT2D eigenvalue weighted by Crippen LogP contribution is -2.76. The van der Waals surface area contributed by atoms with E-state index < -0.39 is 0 Å². The number of benzene rings is 6. The highest BCUT2D eigenvalue weighted by Gasteiger charge is 2.47. The Morgan fingerprint density at radius 3 is 1.83 bits per heavy atom. The fourth-order valence-electron chi connectivity index (χ4n) is 8.03. The number of anilines is 6. The van der Waals surface area contributed by atoms with E-state index in [4.69, 9.17) is 4.74 Å². The van der Waals surface area contributed by atoms with Gasteiger partial charge in [0.2, 0.25) is 13.4 Å². The van der Waals surface area contributed by atoms with E-state index in [1.54, 1.807) is 0 Å². The molecule has 3 aliphatic heterocycles. The zero-order chi connectivity index (χ0) is 30.9. The summed E-state index contributed by atoms with van der Waals surface area (Å²) in [5.41, 5.74) is 14.3. The quantitative estimate of drug-likeness (QED) is 0.241. The van der Waals surface area contributed by atoms with E-state index in [-0.39, 0.29) is 13.4 Å². The van der Waals surface area contributed by atoms with Crippen LogP contribution >= 0.6 is 0 Å². The topological polar surface area (TPSA) is 28.6 Å². The molecule has 47 heavy (non-hydrogen) atoms. The number of hydrogen-bond donors (Lipinski definition) is 0. The fourth-order valence-corrected chi connectivity index (χ4v) is 8.03. The number of rotatable bonds is 3. The molecule has 0 bridgehead atoms. The van der Waals surface area contributed by atoms with Crippen LogP contribution in [0.5, 0.6) is 11.5 Å². The minimum Gasteiger partial charge on any atom is -0.451 e. The second-order valence-corrected chi connectivity index (χ2v) is 12.3. The number of fused-ring (bicyclic) bond motifs is 7. The van der Waals surface area contributed by atoms with Crippen molar-refractivity contribution < 1.29 is 4.74 Å². The van der Waals surface area contributed by atoms with Crippen molar-refractivity contribution in [1.82, 2.24) is 4.98 Å². The third kappa shape index (κ3) is 3.82. The second kappa shape index (κ2) is 10.3. The van der Waals surface area contributed by atoms with Crippen molar-refractivity contribution in [3.8, 4) is 11.5 Å². The van der Waals surface area contributed by atoms with Gasteiger partial charge in [-0.3, -0.25) is 4.98 Å². The molecule has 3 aliphatic rings. The first kappa shape index (κ1) is 26.2. The zero-order valence-corrected chi connectivity index (χ0v) is 25.5. The van der Waals surface area contributed by atoms with Crippen molar-refractivity contribution in [2.75, 3.05) is 9.80 Å². The number of nitrogens with zero attached hydrogens (tertiary/aromatic N) is 3. The van der Waals surface area contributed by atoms with Gasteiger partial charge in [-0.25, -0.2) is 0 Å². The largest absolute Gasteiger partial charge is 0.451 e. The molecule has 0 atom stereocenters. The number of pyridine rings is 1. The molecule has 218 valence electrons. The van der Waals surface area contributed by atoms with Crippen LogP contribution in [-0.2, 0) is 0 Å². The normalized spacial score (nSPS) is 13.5. The summed E-state index contributed by atoms with van der Waals surface area (Å²) in [6.45, 7) is 0.0924. The average molecular weight is 599 g/mol. The van der Waals surface area contributed by atoms with Crippen molar-refractivity contribution in [3.63, 3.8) is 0 Å². The van der Waals surface area contributed by atoms with Crippen LogP contribution in [-0.4, -0.2) is 18.4 Å². The lowest BCUT2D eigenvalue weighted by Gasteiger charge is -2.45. The Hall–Kier alpha value is -6.00. The first-order valence-electron chi connectivity index (χ1n) is 16.1. The molecule has 0 radical (unpaired) electrons. The highest BCUT2D eigenvalue weighted by molar-refractivity contribution is 7.12. The van der Waals surface area contributed by atoms with Gasteiger partial charge in [0.05, 0.1) is 17.1 Å². The highest BCUT2D eigenvalue weighted by Crippen LogP contribution is 2.55. The van der Waals surface area contributed by atoms with Crippen LogP contribution < -0.4 is 47.3 Å². The van der Waals surface area contributed by atoms with Gasteiger partial charge in [0.15, 0.2) is 11.5 Å². The Balaban J connectivity index is 1.38. The number of hydrogen-bond acceptors (Lipinski definition) is 4. The van der Waals surface area contributed by atoms with Gasteiger partial charge in [0.25, 0.3) is 0 Å². The van der Waals surface area contributed by atoms with Crippen LogP contribution in [0, 0.1) is 0 Å². The molecule has 6 heteroatoms. The summed E-state index contributed by atoms with van der Waals surface area (Å²) in [5, 5.41) is 0. The Morgan fingerprint density at radius 2 is 1.06 bits per heavy atom. The van der Waals surface area contributed by atoms with Gasteiger partial charge >= 0.3 is 0 Å². The molecule has 0 spiro atoms. The molecule has 0 N–H and O–H groups in total. The number of aromatic nitrogens is 1. The lowest BCUT2D eigenvalue weighted by atomic mass is 9.20. The van der Waals surface area contributed by atoms with Crippen LogP contribution in [0.1, 0.15) is 0 Å². The van der Waals surface area contributed by atoms with E-state index in [0.29, 0.717) is 0 Å². The highest BCUT2D eigenvalue weighted by atomic mass is 16.5. The first-order valence-corrected chi connectivity index (χ1v) is 16.1. The van der Waals surface area contributed by atoms with Crippen molar-refractivity contribution in [1.29, 1.82) is 0 Å². The van der Waals surface area contributed by atoms with Gasteiger partial charge in [0.1, 0.15) is 0 Å². The van der Waals surface area contributed by atoms with Gasteiger partial charge in [-0.15, -0.1) is 0 Å². The molecule has 4 nitrogen and oxygen atoms in total. The van der Waals surface area contributed by atoms with Gasteiger partial charge in [-0.2, -0.15) is 0 Å². The lowest BCUT2D eigenvalue weighted by molar-refractivity contribution is 0.478. The predicted octanol–water partition coefficient (Wildman–Crippen LogP) is 5.79. The molecule has 10 rings (SSSR count). The Kier molecular flexibility index (Phi) is 5.73. The summed E-state index contributed by atoms with van der Waals surface area (Å²) < 4.78 is 7.10. The predicted molar refractivity (Wildman–Crippen MR) is 196 cm³/mol. The van der Waals surface area contributed by atoms with E-state index in [1.165, 1.54) is 38.5 Å². The third-order valence-corrected chi connectivity index (χ3v) is 9.86. The Morgan fingerprint density at radius 1 is 0.468 bits per heavy atom. The van der Waals surface area contributed by atoms with E-state index >= 15 is 0 Å². The molecule has 6 aromatic carbocycles. The summed E-state index contributed by atoms with van der Waals surface area (Å²) >= 11 is 0. The molecule has 4 heterocycles. The summed E-state index contributed by atoms with van der Waals surface area (Å²) in [5.74, 6) is 1.68. The monoisotopic (exact) mass is 599 g/mol. The third-order valence-electron chi connectivity index (χ3n) is 9.86. The molecule has 0 aliphatic carbocycles. The van der Waals surface area contributed by atoms with E-state index in [1.807, 2.05) is 18.5 Å². The van der Waals surface area contributed by atoms with Crippen molar-refractivity contribution >= 4 is 80.3 Å². The summed E-state index contributed by atoms with van der Waals surface area (Å²) in [6, 6.07) is 54.5. The molecular weight excluding hydrogens is 572 g/mol. The van der Waals surface area contributed by atoms with Crippen molar-refractivity contribution in [3.05, 3.63) is 164 Å². The van der Waals surface area contributed by atoms with Crippen LogP contribution in [0.15, 0.2) is 164 Å². The SMILES string of the molecule is c1ccc(B2c3ccccc3B3c4ccccc4N(c4ccccc4)c4c5c(cc2c43)N(c2ccncc2)c2ccccc2O5)cc1. The number of para-hydroxylation sites is 4. The molecule has 7 aromatic rings. The number of ether oxygens (including phenoxy) is 1. The van der Waals surface area contributed by atoms with Gasteiger partial charge in [-0.1, -0.05) is 125 Å². The average Bonchev–Trinajstić information content (AvgIpc) is 3.15. The molecule has 1 aromatic heterocycles. The van der Waals surface area contributed by atoms with Crippen molar-refractivity contribution in [2.45, 2.75) is 0 Å². The minimum absolute atomic E-state index is 0.0436. The summed E-state index contributed by atoms with van der Waals surface area (Å²) in [4.78, 5) is 9.13. The van der Waals surface area contributed by atoms with Gasteiger partial charge < -0.3 is 14.5 Å². The van der Waals surface area contributed by atoms with Crippen LogP contribution in [0.2, 0.25) is 0 Å². The van der Waals surface area contributed by atoms with Gasteiger partial charge in [0, 0.05) is 29.5 Å². The molecule has 0 fully saturated rings. The molecule has 0 saturated heterocycles. The van der Waals surface area contributed by atoms with E-state index in [9.17, 15) is 0 Å².